The van der Waals surface area contributed by atoms with Gasteiger partial charge in [-0.1, -0.05) is 20.8 Å². The van der Waals surface area contributed by atoms with E-state index in [-0.39, 0.29) is 12.5 Å². The van der Waals surface area contributed by atoms with Gasteiger partial charge in [-0.05, 0) is 24.3 Å². The number of carbonyl (C=O) groups excluding carboxylic acids is 2. The molecule has 0 unspecified atom stereocenters. The largest absolute Gasteiger partial charge is 0.480 e. The van der Waals surface area contributed by atoms with Gasteiger partial charge in [0, 0.05) is 5.41 Å². The Kier molecular flexibility index (Phi) is 5.44. The summed E-state index contributed by atoms with van der Waals surface area (Å²) in [5.74, 6) is -0.289. The number of thioether (sulfide) groups is 1. The van der Waals surface area contributed by atoms with Crippen LogP contribution in [-0.4, -0.2) is 46.5 Å². The molecule has 1 saturated heterocycles. The molecule has 1 heterocycles. The number of hydrogen-bond donors (Lipinski definition) is 3. The van der Waals surface area contributed by atoms with Gasteiger partial charge >= 0.3 is 5.97 Å². The van der Waals surface area contributed by atoms with Crippen LogP contribution in [0.4, 0.5) is 0 Å². The normalized spacial score (nSPS) is 18.1. The smallest absolute Gasteiger partial charge is 0.329 e. The minimum absolute atomic E-state index is 0.196. The third-order valence-electron chi connectivity index (χ3n) is 3.23. The van der Waals surface area contributed by atoms with Crippen LogP contribution in [0, 0.1) is 5.41 Å². The van der Waals surface area contributed by atoms with Gasteiger partial charge in [0.05, 0.1) is 6.54 Å². The van der Waals surface area contributed by atoms with E-state index in [0.29, 0.717) is 24.3 Å². The average molecular weight is 302 g/mol. The maximum Gasteiger partial charge on any atom is 0.329 e. The molecule has 0 bridgehead atoms. The van der Waals surface area contributed by atoms with Gasteiger partial charge in [0.1, 0.15) is 5.54 Å². The van der Waals surface area contributed by atoms with E-state index in [1.54, 1.807) is 32.5 Å². The van der Waals surface area contributed by atoms with Gasteiger partial charge in [-0.3, -0.25) is 9.59 Å². The lowest BCUT2D eigenvalue weighted by atomic mass is 9.92. The lowest BCUT2D eigenvalue weighted by Gasteiger charge is -2.33. The standard InChI is InChI=1S/C13H22N2O4S/c1-12(2,3)10(17)14-8-9(16)15-13(11(18)19)4-6-20-7-5-13/h4-8H2,1-3H3,(H,14,17)(H,15,16)(H,18,19). The Morgan fingerprint density at radius 1 is 1.20 bits per heavy atom. The maximum atomic E-state index is 11.9. The van der Waals surface area contributed by atoms with E-state index in [9.17, 15) is 19.5 Å². The minimum atomic E-state index is -1.19. The second kappa shape index (κ2) is 6.47. The first kappa shape index (κ1) is 16.8. The molecule has 114 valence electrons. The first-order chi connectivity index (χ1) is 9.17. The summed E-state index contributed by atoms with van der Waals surface area (Å²) in [6, 6.07) is 0. The quantitative estimate of drug-likeness (QED) is 0.707. The van der Waals surface area contributed by atoms with Crippen LogP contribution in [-0.2, 0) is 14.4 Å². The molecule has 0 radical (unpaired) electrons. The molecule has 3 N–H and O–H groups in total. The predicted octanol–water partition coefficient (Wildman–Crippen LogP) is 0.615. The summed E-state index contributed by atoms with van der Waals surface area (Å²) in [5.41, 5.74) is -1.76. The highest BCUT2D eigenvalue weighted by molar-refractivity contribution is 7.99. The van der Waals surface area contributed by atoms with Crippen molar-refractivity contribution in [2.24, 2.45) is 5.41 Å². The van der Waals surface area contributed by atoms with Crippen LogP contribution in [0.2, 0.25) is 0 Å². The van der Waals surface area contributed by atoms with Crippen molar-refractivity contribution in [2.75, 3.05) is 18.1 Å². The minimum Gasteiger partial charge on any atom is -0.480 e. The molecule has 0 spiro atoms. The van der Waals surface area contributed by atoms with E-state index >= 15 is 0 Å². The molecule has 6 nitrogen and oxygen atoms in total. The number of hydrogen-bond acceptors (Lipinski definition) is 4. The van der Waals surface area contributed by atoms with Crippen LogP contribution in [0.1, 0.15) is 33.6 Å². The average Bonchev–Trinajstić information content (AvgIpc) is 2.35. The van der Waals surface area contributed by atoms with E-state index in [1.165, 1.54) is 0 Å². The predicted molar refractivity (Wildman–Crippen MR) is 77.5 cm³/mol. The Morgan fingerprint density at radius 3 is 2.20 bits per heavy atom. The Labute approximate surface area is 123 Å². The van der Waals surface area contributed by atoms with Gasteiger partial charge in [-0.25, -0.2) is 4.79 Å². The van der Waals surface area contributed by atoms with E-state index in [4.69, 9.17) is 0 Å². The fourth-order valence-corrected chi connectivity index (χ4v) is 3.04. The van der Waals surface area contributed by atoms with Gasteiger partial charge in [-0.2, -0.15) is 11.8 Å². The zero-order valence-corrected chi connectivity index (χ0v) is 12.9. The zero-order valence-electron chi connectivity index (χ0n) is 12.1. The number of carboxylic acids is 1. The SMILES string of the molecule is CC(C)(C)C(=O)NCC(=O)NC1(C(=O)O)CCSCC1. The van der Waals surface area contributed by atoms with Crippen LogP contribution >= 0.6 is 11.8 Å². The highest BCUT2D eigenvalue weighted by Gasteiger charge is 2.41. The molecule has 0 aromatic rings. The van der Waals surface area contributed by atoms with Crippen LogP contribution in [0.25, 0.3) is 0 Å². The molecule has 1 fully saturated rings. The molecular weight excluding hydrogens is 280 g/mol. The first-order valence-corrected chi connectivity index (χ1v) is 7.73. The van der Waals surface area contributed by atoms with Crippen molar-refractivity contribution >= 4 is 29.5 Å². The Bertz CT molecular complexity index is 398. The number of carboxylic acid groups (broad SMARTS) is 1. The molecule has 0 saturated carbocycles. The van der Waals surface area contributed by atoms with Gasteiger partial charge in [0.2, 0.25) is 11.8 Å². The molecular formula is C13H22N2O4S. The van der Waals surface area contributed by atoms with Crippen LogP contribution in [0.15, 0.2) is 0 Å². The van der Waals surface area contributed by atoms with Crippen molar-refractivity contribution < 1.29 is 19.5 Å². The molecule has 0 aromatic heterocycles. The third-order valence-corrected chi connectivity index (χ3v) is 4.21. The van der Waals surface area contributed by atoms with Crippen molar-refractivity contribution in [3.63, 3.8) is 0 Å². The fourth-order valence-electron chi connectivity index (χ4n) is 1.85. The molecule has 20 heavy (non-hydrogen) atoms. The summed E-state index contributed by atoms with van der Waals surface area (Å²) in [7, 11) is 0. The zero-order chi connectivity index (χ0) is 15.4. The summed E-state index contributed by atoms with van der Waals surface area (Å²) < 4.78 is 0. The highest BCUT2D eigenvalue weighted by atomic mass is 32.2. The fraction of sp³-hybridized carbons (Fsp3) is 0.769. The van der Waals surface area contributed by atoms with Crippen molar-refractivity contribution in [2.45, 2.75) is 39.2 Å². The summed E-state index contributed by atoms with van der Waals surface area (Å²) in [5, 5.41) is 14.4. The van der Waals surface area contributed by atoms with E-state index in [2.05, 4.69) is 10.6 Å². The number of aliphatic carboxylic acids is 1. The molecule has 2 amide bonds. The van der Waals surface area contributed by atoms with Crippen molar-refractivity contribution in [3.8, 4) is 0 Å². The van der Waals surface area contributed by atoms with Crippen LogP contribution in [0.3, 0.4) is 0 Å². The molecule has 7 heteroatoms. The molecule has 1 rings (SSSR count). The number of carbonyl (C=O) groups is 3. The van der Waals surface area contributed by atoms with Gasteiger partial charge < -0.3 is 15.7 Å². The number of nitrogens with one attached hydrogen (secondary N) is 2. The molecule has 0 aliphatic carbocycles. The lowest BCUT2D eigenvalue weighted by molar-refractivity contribution is -0.148. The van der Waals surface area contributed by atoms with E-state index in [1.807, 2.05) is 0 Å². The third kappa shape index (κ3) is 4.40. The van der Waals surface area contributed by atoms with Crippen molar-refractivity contribution in [1.82, 2.24) is 10.6 Å². The van der Waals surface area contributed by atoms with Gasteiger partial charge in [0.15, 0.2) is 0 Å². The molecule has 0 aromatic carbocycles. The van der Waals surface area contributed by atoms with E-state index < -0.39 is 22.8 Å². The van der Waals surface area contributed by atoms with Crippen molar-refractivity contribution in [1.29, 1.82) is 0 Å². The van der Waals surface area contributed by atoms with Crippen LogP contribution in [0.5, 0.6) is 0 Å². The maximum absolute atomic E-state index is 11.9. The summed E-state index contributed by atoms with van der Waals surface area (Å²) in [6.07, 6.45) is 0.817. The molecule has 1 aliphatic rings. The molecule has 1 aliphatic heterocycles. The topological polar surface area (TPSA) is 95.5 Å². The van der Waals surface area contributed by atoms with Crippen molar-refractivity contribution in [3.05, 3.63) is 0 Å². The molecule has 0 atom stereocenters. The Hall–Kier alpha value is -1.24. The summed E-state index contributed by atoms with van der Waals surface area (Å²) in [4.78, 5) is 34.9. The van der Waals surface area contributed by atoms with Crippen LogP contribution < -0.4 is 10.6 Å². The Balaban J connectivity index is 2.55. The summed E-state index contributed by atoms with van der Waals surface area (Å²) >= 11 is 1.68. The monoisotopic (exact) mass is 302 g/mol. The highest BCUT2D eigenvalue weighted by Crippen LogP contribution is 2.27. The Morgan fingerprint density at radius 2 is 1.75 bits per heavy atom. The number of rotatable bonds is 4. The second-order valence-corrected chi connectivity index (χ2v) is 7.21. The van der Waals surface area contributed by atoms with Gasteiger partial charge in [-0.15, -0.1) is 0 Å². The second-order valence-electron chi connectivity index (χ2n) is 5.98. The van der Waals surface area contributed by atoms with Gasteiger partial charge in [0.25, 0.3) is 0 Å². The van der Waals surface area contributed by atoms with E-state index in [0.717, 1.165) is 0 Å². The lowest BCUT2D eigenvalue weighted by Crippen LogP contribution is -2.58. The summed E-state index contributed by atoms with van der Waals surface area (Å²) in [6.45, 7) is 5.05. The number of amides is 2. The first-order valence-electron chi connectivity index (χ1n) is 6.58.